The number of nitrogens with zero attached hydrogens (tertiary/aromatic N) is 3. The molecule has 0 spiro atoms. The number of hydrogen-bond acceptors (Lipinski definition) is 8. The molecule has 31 heavy (non-hydrogen) atoms. The van der Waals surface area contributed by atoms with Gasteiger partial charge < -0.3 is 10.1 Å². The van der Waals surface area contributed by atoms with Crippen LogP contribution in [0.3, 0.4) is 0 Å². The zero-order valence-corrected chi connectivity index (χ0v) is 19.0. The summed E-state index contributed by atoms with van der Waals surface area (Å²) in [7, 11) is 0. The summed E-state index contributed by atoms with van der Waals surface area (Å²) < 4.78 is 6.77. The van der Waals surface area contributed by atoms with Gasteiger partial charge in [-0.05, 0) is 43.3 Å². The average Bonchev–Trinajstić information content (AvgIpc) is 3.44. The quantitative estimate of drug-likeness (QED) is 0.336. The van der Waals surface area contributed by atoms with Crippen LogP contribution in [0.4, 0.5) is 5.69 Å². The van der Waals surface area contributed by atoms with E-state index in [0.29, 0.717) is 12.4 Å². The van der Waals surface area contributed by atoms with Gasteiger partial charge in [0.05, 0.1) is 10.7 Å². The van der Waals surface area contributed by atoms with Gasteiger partial charge in [-0.3, -0.25) is 4.79 Å². The van der Waals surface area contributed by atoms with Gasteiger partial charge in [0.1, 0.15) is 17.9 Å². The number of nitrogens with one attached hydrogen (secondary N) is 1. The van der Waals surface area contributed by atoms with Crippen molar-refractivity contribution in [2.75, 3.05) is 5.32 Å². The molecule has 1 amide bonds. The third-order valence-corrected chi connectivity index (χ3v) is 6.65. The van der Waals surface area contributed by atoms with E-state index in [2.05, 4.69) is 20.5 Å². The van der Waals surface area contributed by atoms with Gasteiger partial charge in [0.2, 0.25) is 5.91 Å². The molecule has 0 fully saturated rings. The Morgan fingerprint density at radius 3 is 2.74 bits per heavy atom. The van der Waals surface area contributed by atoms with Crippen LogP contribution < -0.4 is 10.1 Å². The minimum absolute atomic E-state index is 0.213. The van der Waals surface area contributed by atoms with Crippen molar-refractivity contribution in [2.24, 2.45) is 0 Å². The van der Waals surface area contributed by atoms with Crippen LogP contribution in [0, 0.1) is 6.92 Å². The number of anilines is 1. The average molecular weight is 467 g/mol. The Morgan fingerprint density at radius 1 is 1.16 bits per heavy atom. The van der Waals surface area contributed by atoms with Gasteiger partial charge in [-0.1, -0.05) is 41.3 Å². The van der Waals surface area contributed by atoms with Crippen molar-refractivity contribution < 1.29 is 9.53 Å². The van der Waals surface area contributed by atoms with E-state index in [1.807, 2.05) is 60.8 Å². The summed E-state index contributed by atoms with van der Waals surface area (Å²) in [6.07, 6.45) is 3.25. The maximum Gasteiger partial charge on any atom is 0.248 e. The topological polar surface area (TPSA) is 77.0 Å². The minimum Gasteiger partial charge on any atom is -0.487 e. The fourth-order valence-corrected chi connectivity index (χ4v) is 4.69. The van der Waals surface area contributed by atoms with Gasteiger partial charge in [0, 0.05) is 27.6 Å². The fourth-order valence-electron chi connectivity index (χ4n) is 2.64. The molecule has 9 heteroatoms. The smallest absolute Gasteiger partial charge is 0.248 e. The van der Waals surface area contributed by atoms with Crippen molar-refractivity contribution in [1.29, 1.82) is 0 Å². The van der Waals surface area contributed by atoms with Gasteiger partial charge in [0.25, 0.3) is 0 Å². The Balaban J connectivity index is 1.34. The number of ether oxygens (including phenoxy) is 1. The monoisotopic (exact) mass is 466 g/mol. The molecule has 2 aromatic heterocycles. The molecule has 2 aromatic carbocycles. The van der Waals surface area contributed by atoms with E-state index in [9.17, 15) is 4.79 Å². The second-order valence-electron chi connectivity index (χ2n) is 6.34. The second-order valence-corrected chi connectivity index (χ2v) is 9.55. The summed E-state index contributed by atoms with van der Waals surface area (Å²) in [5.41, 5.74) is 4.15. The molecule has 0 atom stereocenters. The molecule has 4 aromatic rings. The third-order valence-electron chi connectivity index (χ3n) is 4.04. The molecule has 0 aliphatic heterocycles. The van der Waals surface area contributed by atoms with Crippen molar-refractivity contribution in [3.8, 4) is 5.75 Å². The van der Waals surface area contributed by atoms with Gasteiger partial charge in [-0.15, -0.1) is 21.5 Å². The highest BCUT2D eigenvalue weighted by atomic mass is 32.2. The van der Waals surface area contributed by atoms with E-state index in [1.165, 1.54) is 29.2 Å². The van der Waals surface area contributed by atoms with E-state index in [4.69, 9.17) is 4.74 Å². The van der Waals surface area contributed by atoms with E-state index in [1.54, 1.807) is 22.9 Å². The lowest BCUT2D eigenvalue weighted by Crippen LogP contribution is -2.07. The summed E-state index contributed by atoms with van der Waals surface area (Å²) in [5.74, 6) is 0.490. The summed E-state index contributed by atoms with van der Waals surface area (Å²) in [6, 6.07) is 15.2. The van der Waals surface area contributed by atoms with E-state index in [-0.39, 0.29) is 5.91 Å². The summed E-state index contributed by atoms with van der Waals surface area (Å²) in [5, 5.41) is 13.7. The molecule has 0 saturated carbocycles. The highest BCUT2D eigenvalue weighted by Crippen LogP contribution is 2.29. The van der Waals surface area contributed by atoms with Crippen LogP contribution in [0.1, 0.15) is 16.3 Å². The van der Waals surface area contributed by atoms with Crippen LogP contribution in [-0.2, 0) is 11.4 Å². The predicted octanol–water partition coefficient (Wildman–Crippen LogP) is 5.69. The molecule has 156 valence electrons. The lowest BCUT2D eigenvalue weighted by Gasteiger charge is -2.08. The lowest BCUT2D eigenvalue weighted by molar-refractivity contribution is -0.111. The minimum atomic E-state index is -0.213. The Labute approximate surface area is 192 Å². The fraction of sp³-hybridized carbons (Fsp3) is 0.0909. The van der Waals surface area contributed by atoms with E-state index in [0.717, 1.165) is 31.2 Å². The maximum absolute atomic E-state index is 12.4. The van der Waals surface area contributed by atoms with Crippen molar-refractivity contribution >= 4 is 52.1 Å². The number of aromatic nitrogens is 3. The number of rotatable bonds is 8. The molecule has 2 heterocycles. The second kappa shape index (κ2) is 10.3. The third kappa shape index (κ3) is 6.24. The molecule has 0 unspecified atom stereocenters. The lowest BCUT2D eigenvalue weighted by atomic mass is 10.2. The first kappa shape index (κ1) is 21.2. The summed E-state index contributed by atoms with van der Waals surface area (Å²) >= 11 is 4.62. The van der Waals surface area contributed by atoms with Gasteiger partial charge in [-0.25, -0.2) is 4.98 Å². The number of para-hydroxylation sites is 1. The standard InChI is InChI=1S/C22H18N4O2S3/c1-15-24-18(13-29-15)12-28-20-5-3-2-4-16(20)6-11-21(27)25-17-7-9-19(10-8-17)31-22-26-23-14-30-22/h2-11,13-14H,12H2,1H3,(H,25,27)/b11-6+. The SMILES string of the molecule is Cc1nc(COc2ccccc2/C=C/C(=O)Nc2ccc(Sc3nncs3)cc2)cs1. The van der Waals surface area contributed by atoms with E-state index >= 15 is 0 Å². The molecule has 0 saturated heterocycles. The van der Waals surface area contributed by atoms with Gasteiger partial charge >= 0.3 is 0 Å². The Bertz CT molecular complexity index is 1170. The zero-order valence-electron chi connectivity index (χ0n) is 16.5. The normalized spacial score (nSPS) is 11.0. The van der Waals surface area contributed by atoms with Crippen LogP contribution in [-0.4, -0.2) is 21.1 Å². The number of carbonyl (C=O) groups is 1. The highest BCUT2D eigenvalue weighted by molar-refractivity contribution is 8.01. The number of benzene rings is 2. The van der Waals surface area contributed by atoms with Crippen molar-refractivity contribution in [1.82, 2.24) is 15.2 Å². The largest absolute Gasteiger partial charge is 0.487 e. The van der Waals surface area contributed by atoms with Gasteiger partial charge in [-0.2, -0.15) is 0 Å². The first-order valence-electron chi connectivity index (χ1n) is 9.32. The number of thiazole rings is 1. The Morgan fingerprint density at radius 2 is 2.00 bits per heavy atom. The molecular weight excluding hydrogens is 448 g/mol. The molecule has 0 radical (unpaired) electrons. The first-order valence-corrected chi connectivity index (χ1v) is 11.9. The maximum atomic E-state index is 12.4. The van der Waals surface area contributed by atoms with Crippen LogP contribution in [0.25, 0.3) is 6.08 Å². The van der Waals surface area contributed by atoms with Crippen LogP contribution >= 0.6 is 34.4 Å². The van der Waals surface area contributed by atoms with Gasteiger partial charge in [0.15, 0.2) is 4.34 Å². The van der Waals surface area contributed by atoms with Crippen molar-refractivity contribution in [2.45, 2.75) is 22.8 Å². The molecule has 0 bridgehead atoms. The van der Waals surface area contributed by atoms with Crippen LogP contribution in [0.2, 0.25) is 0 Å². The molecule has 6 nitrogen and oxygen atoms in total. The molecule has 1 N–H and O–H groups in total. The Kier molecular flexibility index (Phi) is 7.08. The zero-order chi connectivity index (χ0) is 21.5. The van der Waals surface area contributed by atoms with E-state index < -0.39 is 0 Å². The van der Waals surface area contributed by atoms with Crippen LogP contribution in [0.15, 0.2) is 74.7 Å². The predicted molar refractivity (Wildman–Crippen MR) is 126 cm³/mol. The number of amides is 1. The molecule has 4 rings (SSSR count). The van der Waals surface area contributed by atoms with Crippen LogP contribution in [0.5, 0.6) is 5.75 Å². The molecule has 0 aliphatic rings. The molecular formula is C22H18N4O2S3. The summed E-state index contributed by atoms with van der Waals surface area (Å²) in [4.78, 5) is 17.8. The number of hydrogen-bond donors (Lipinski definition) is 1. The first-order chi connectivity index (χ1) is 15.2. The van der Waals surface area contributed by atoms with Crippen molar-refractivity contribution in [3.05, 3.63) is 81.8 Å². The Hall–Kier alpha value is -3.01. The summed E-state index contributed by atoms with van der Waals surface area (Å²) in [6.45, 7) is 2.36. The number of aryl methyl sites for hydroxylation is 1. The highest BCUT2D eigenvalue weighted by Gasteiger charge is 2.05. The number of carbonyl (C=O) groups excluding carboxylic acids is 1. The van der Waals surface area contributed by atoms with Crippen molar-refractivity contribution in [3.63, 3.8) is 0 Å². The molecule has 0 aliphatic carbocycles.